The van der Waals surface area contributed by atoms with E-state index in [1.807, 2.05) is 16.8 Å². The number of hydrogen-bond donors (Lipinski definition) is 1. The molecule has 8 heteroatoms. The van der Waals surface area contributed by atoms with Crippen molar-refractivity contribution in [2.75, 3.05) is 25.0 Å². The average Bonchev–Trinajstić information content (AvgIpc) is 3.22. The summed E-state index contributed by atoms with van der Waals surface area (Å²) in [5.41, 5.74) is 0.896. The summed E-state index contributed by atoms with van der Waals surface area (Å²) < 4.78 is 39.7. The van der Waals surface area contributed by atoms with Gasteiger partial charge < -0.3 is 10.2 Å². The lowest BCUT2D eigenvalue weighted by Crippen LogP contribution is -2.39. The molecule has 0 aromatic carbocycles. The van der Waals surface area contributed by atoms with Crippen LogP contribution in [0.15, 0.2) is 35.2 Å². The molecular weight excluding hydrogens is 385 g/mol. The average molecular weight is 406 g/mol. The van der Waals surface area contributed by atoms with Crippen LogP contribution in [0, 0.1) is 0 Å². The molecule has 0 atom stereocenters. The van der Waals surface area contributed by atoms with Crippen molar-refractivity contribution in [1.82, 2.24) is 14.9 Å². The van der Waals surface area contributed by atoms with Crippen molar-refractivity contribution in [3.63, 3.8) is 0 Å². The standard InChI is InChI=1S/C20H21F3N4S/c1-2-27-8-5-14(6-9-27)25-19-15-3-4-17(20(21,22)23)26-18(15)16(11-24-19)13-7-10-28-12-13/h3-4,7,10-12,14H,2,5-6,8-9H2,1H3,(H,24,25). The van der Waals surface area contributed by atoms with Crippen LogP contribution in [0.25, 0.3) is 22.0 Å². The van der Waals surface area contributed by atoms with Gasteiger partial charge in [-0.15, -0.1) is 0 Å². The van der Waals surface area contributed by atoms with Gasteiger partial charge in [0.2, 0.25) is 0 Å². The van der Waals surface area contributed by atoms with Crippen molar-refractivity contribution in [1.29, 1.82) is 0 Å². The lowest BCUT2D eigenvalue weighted by Gasteiger charge is -2.32. The number of likely N-dealkylation sites (tertiary alicyclic amines) is 1. The van der Waals surface area contributed by atoms with Gasteiger partial charge in [-0.25, -0.2) is 9.97 Å². The Morgan fingerprint density at radius 1 is 1.21 bits per heavy atom. The summed E-state index contributed by atoms with van der Waals surface area (Å²) in [4.78, 5) is 10.9. The van der Waals surface area contributed by atoms with Gasteiger partial charge in [-0.1, -0.05) is 6.92 Å². The minimum atomic E-state index is -4.48. The number of anilines is 1. The number of fused-ring (bicyclic) bond motifs is 1. The number of halogens is 3. The van der Waals surface area contributed by atoms with Gasteiger partial charge in [0.1, 0.15) is 11.5 Å². The second-order valence-corrected chi connectivity index (χ2v) is 7.76. The van der Waals surface area contributed by atoms with E-state index in [0.717, 1.165) is 44.1 Å². The van der Waals surface area contributed by atoms with E-state index in [0.29, 0.717) is 22.3 Å². The molecule has 1 aliphatic heterocycles. The Labute approximate surface area is 165 Å². The predicted octanol–water partition coefficient (Wildman–Crippen LogP) is 5.27. The second kappa shape index (κ2) is 7.67. The number of nitrogens with one attached hydrogen (secondary N) is 1. The number of aromatic nitrogens is 2. The monoisotopic (exact) mass is 406 g/mol. The topological polar surface area (TPSA) is 41.0 Å². The van der Waals surface area contributed by atoms with Gasteiger partial charge in [-0.2, -0.15) is 24.5 Å². The molecular formula is C20H21F3N4S. The highest BCUT2D eigenvalue weighted by Gasteiger charge is 2.33. The largest absolute Gasteiger partial charge is 0.433 e. The van der Waals surface area contributed by atoms with E-state index >= 15 is 0 Å². The Kier molecular flexibility index (Phi) is 5.25. The van der Waals surface area contributed by atoms with E-state index in [1.54, 1.807) is 6.20 Å². The van der Waals surface area contributed by atoms with Crippen LogP contribution in [-0.4, -0.2) is 40.5 Å². The first-order valence-corrected chi connectivity index (χ1v) is 10.3. The van der Waals surface area contributed by atoms with E-state index in [2.05, 4.69) is 27.1 Å². The Bertz CT molecular complexity index is 948. The summed E-state index contributed by atoms with van der Waals surface area (Å²) in [5, 5.41) is 7.85. The van der Waals surface area contributed by atoms with Crippen molar-refractivity contribution < 1.29 is 13.2 Å². The molecule has 4 heterocycles. The van der Waals surface area contributed by atoms with Gasteiger partial charge in [0.15, 0.2) is 0 Å². The molecule has 0 saturated carbocycles. The summed E-state index contributed by atoms with van der Waals surface area (Å²) in [6.45, 7) is 5.20. The van der Waals surface area contributed by atoms with Crippen LogP contribution in [-0.2, 0) is 6.18 Å². The van der Waals surface area contributed by atoms with Crippen LogP contribution >= 0.6 is 11.3 Å². The smallest absolute Gasteiger partial charge is 0.367 e. The fraction of sp³-hybridized carbons (Fsp3) is 0.400. The minimum absolute atomic E-state index is 0.257. The molecule has 0 bridgehead atoms. The zero-order valence-electron chi connectivity index (χ0n) is 15.5. The van der Waals surface area contributed by atoms with Crippen LogP contribution < -0.4 is 5.32 Å². The van der Waals surface area contributed by atoms with Gasteiger partial charge in [-0.05, 0) is 53.9 Å². The van der Waals surface area contributed by atoms with E-state index in [1.165, 1.54) is 17.4 Å². The fourth-order valence-corrected chi connectivity index (χ4v) is 4.26. The molecule has 1 fully saturated rings. The summed E-state index contributed by atoms with van der Waals surface area (Å²) in [5.74, 6) is 0.602. The quantitative estimate of drug-likeness (QED) is 0.641. The van der Waals surface area contributed by atoms with Crippen molar-refractivity contribution in [3.05, 3.63) is 40.8 Å². The van der Waals surface area contributed by atoms with E-state index in [4.69, 9.17) is 0 Å². The molecule has 0 amide bonds. The van der Waals surface area contributed by atoms with Gasteiger partial charge >= 0.3 is 6.18 Å². The van der Waals surface area contributed by atoms with E-state index < -0.39 is 11.9 Å². The third kappa shape index (κ3) is 3.84. The summed E-state index contributed by atoms with van der Waals surface area (Å²) >= 11 is 1.49. The molecule has 0 radical (unpaired) electrons. The highest BCUT2D eigenvalue weighted by atomic mass is 32.1. The number of pyridine rings is 2. The SMILES string of the molecule is CCN1CCC(Nc2ncc(-c3ccsc3)c3nc(C(F)(F)F)ccc23)CC1. The highest BCUT2D eigenvalue weighted by Crippen LogP contribution is 2.35. The van der Waals surface area contributed by atoms with Gasteiger partial charge in [0.25, 0.3) is 0 Å². The lowest BCUT2D eigenvalue weighted by atomic mass is 10.0. The Morgan fingerprint density at radius 2 is 2.00 bits per heavy atom. The third-order valence-corrected chi connectivity index (χ3v) is 5.91. The van der Waals surface area contributed by atoms with E-state index in [-0.39, 0.29) is 6.04 Å². The van der Waals surface area contributed by atoms with Crippen LogP contribution in [0.1, 0.15) is 25.5 Å². The van der Waals surface area contributed by atoms with E-state index in [9.17, 15) is 13.2 Å². The summed E-state index contributed by atoms with van der Waals surface area (Å²) in [6.07, 6.45) is -0.889. The maximum absolute atomic E-state index is 13.2. The number of piperidine rings is 1. The van der Waals surface area contributed by atoms with Crippen molar-refractivity contribution in [2.24, 2.45) is 0 Å². The van der Waals surface area contributed by atoms with Gasteiger partial charge in [0.05, 0.1) is 5.52 Å². The molecule has 3 aromatic heterocycles. The molecule has 4 rings (SSSR count). The third-order valence-electron chi connectivity index (χ3n) is 5.23. The van der Waals surface area contributed by atoms with Crippen LogP contribution in [0.5, 0.6) is 0 Å². The Balaban J connectivity index is 1.73. The first-order valence-electron chi connectivity index (χ1n) is 9.34. The lowest BCUT2D eigenvalue weighted by molar-refractivity contribution is -0.140. The minimum Gasteiger partial charge on any atom is -0.367 e. The van der Waals surface area contributed by atoms with Gasteiger partial charge in [0, 0.05) is 36.3 Å². The molecule has 3 aromatic rings. The molecule has 4 nitrogen and oxygen atoms in total. The number of hydrogen-bond acceptors (Lipinski definition) is 5. The zero-order chi connectivity index (χ0) is 19.7. The van der Waals surface area contributed by atoms with Crippen LogP contribution in [0.3, 0.4) is 0 Å². The highest BCUT2D eigenvalue weighted by molar-refractivity contribution is 7.08. The number of thiophene rings is 1. The fourth-order valence-electron chi connectivity index (χ4n) is 3.60. The number of rotatable bonds is 4. The predicted molar refractivity (Wildman–Crippen MR) is 107 cm³/mol. The molecule has 1 saturated heterocycles. The first kappa shape index (κ1) is 19.1. The van der Waals surface area contributed by atoms with Crippen LogP contribution in [0.4, 0.5) is 19.0 Å². The molecule has 0 unspecified atom stereocenters. The Hall–Kier alpha value is -2.19. The van der Waals surface area contributed by atoms with Gasteiger partial charge in [-0.3, -0.25) is 0 Å². The maximum Gasteiger partial charge on any atom is 0.433 e. The Morgan fingerprint density at radius 3 is 2.64 bits per heavy atom. The molecule has 0 aliphatic carbocycles. The molecule has 148 valence electrons. The normalized spacial score (nSPS) is 16.6. The van der Waals surface area contributed by atoms with Crippen molar-refractivity contribution >= 4 is 28.1 Å². The maximum atomic E-state index is 13.2. The molecule has 1 aliphatic rings. The molecule has 1 N–H and O–H groups in total. The number of alkyl halides is 3. The summed E-state index contributed by atoms with van der Waals surface area (Å²) in [7, 11) is 0. The van der Waals surface area contributed by atoms with Crippen molar-refractivity contribution in [2.45, 2.75) is 32.0 Å². The molecule has 0 spiro atoms. The number of nitrogens with zero attached hydrogens (tertiary/aromatic N) is 3. The zero-order valence-corrected chi connectivity index (χ0v) is 16.3. The second-order valence-electron chi connectivity index (χ2n) is 6.98. The van der Waals surface area contributed by atoms with Crippen molar-refractivity contribution in [3.8, 4) is 11.1 Å². The molecule has 28 heavy (non-hydrogen) atoms. The van der Waals surface area contributed by atoms with Crippen LogP contribution in [0.2, 0.25) is 0 Å². The first-order chi connectivity index (χ1) is 13.5. The summed E-state index contributed by atoms with van der Waals surface area (Å²) in [6, 6.07) is 4.65.